The third kappa shape index (κ3) is 3.57. The summed E-state index contributed by atoms with van der Waals surface area (Å²) < 4.78 is 13.2. The number of aliphatic carboxylic acids is 1. The maximum atomic E-state index is 13.2. The molecule has 0 unspecified atom stereocenters. The molecule has 102 valence electrons. The molecule has 1 fully saturated rings. The molecule has 2 amide bonds. The van der Waals surface area contributed by atoms with Crippen LogP contribution >= 0.6 is 11.6 Å². The lowest BCUT2D eigenvalue weighted by atomic mass is 10.3. The summed E-state index contributed by atoms with van der Waals surface area (Å²) in [5, 5.41) is 11.2. The number of anilines is 1. The lowest BCUT2D eigenvalue weighted by Crippen LogP contribution is -2.40. The number of nitrogens with one attached hydrogen (secondary N) is 1. The fraction of sp³-hybridized carbons (Fsp3) is 0.333. The molecule has 1 aromatic carbocycles. The van der Waals surface area contributed by atoms with E-state index in [0.717, 1.165) is 18.9 Å². The Morgan fingerprint density at radius 1 is 1.47 bits per heavy atom. The van der Waals surface area contributed by atoms with Gasteiger partial charge in [-0.3, -0.25) is 4.79 Å². The van der Waals surface area contributed by atoms with Gasteiger partial charge in [-0.2, -0.15) is 0 Å². The van der Waals surface area contributed by atoms with Crippen LogP contribution in [-0.4, -0.2) is 34.6 Å². The molecular formula is C12H12ClFN2O3. The number of carboxylic acids is 1. The van der Waals surface area contributed by atoms with Crippen LogP contribution in [0.4, 0.5) is 14.9 Å². The average Bonchev–Trinajstić information content (AvgIpc) is 3.14. The van der Waals surface area contributed by atoms with E-state index in [9.17, 15) is 14.0 Å². The first kappa shape index (κ1) is 13.6. The summed E-state index contributed by atoms with van der Waals surface area (Å²) in [5.41, 5.74) is 0.239. The molecule has 0 spiro atoms. The van der Waals surface area contributed by atoms with Crippen molar-refractivity contribution in [3.63, 3.8) is 0 Å². The van der Waals surface area contributed by atoms with Crippen LogP contribution in [0.3, 0.4) is 0 Å². The quantitative estimate of drug-likeness (QED) is 0.894. The predicted molar refractivity (Wildman–Crippen MR) is 67.8 cm³/mol. The van der Waals surface area contributed by atoms with Crippen molar-refractivity contribution in [1.29, 1.82) is 0 Å². The van der Waals surface area contributed by atoms with Crippen LogP contribution in [0.15, 0.2) is 18.2 Å². The Bertz CT molecular complexity index is 520. The van der Waals surface area contributed by atoms with Gasteiger partial charge in [0.15, 0.2) is 0 Å². The third-order valence-electron chi connectivity index (χ3n) is 2.72. The van der Waals surface area contributed by atoms with Gasteiger partial charge in [0.05, 0.1) is 5.02 Å². The average molecular weight is 287 g/mol. The summed E-state index contributed by atoms with van der Waals surface area (Å²) in [6.07, 6.45) is 1.57. The Balaban J connectivity index is 2.05. The van der Waals surface area contributed by atoms with E-state index in [1.165, 1.54) is 17.0 Å². The van der Waals surface area contributed by atoms with Crippen LogP contribution in [0.5, 0.6) is 0 Å². The Kier molecular flexibility index (Phi) is 3.90. The van der Waals surface area contributed by atoms with E-state index in [1.54, 1.807) is 0 Å². The molecule has 0 aromatic heterocycles. The lowest BCUT2D eigenvalue weighted by molar-refractivity contribution is -0.137. The van der Waals surface area contributed by atoms with Crippen molar-refractivity contribution in [2.24, 2.45) is 0 Å². The maximum absolute atomic E-state index is 13.2. The van der Waals surface area contributed by atoms with Crippen molar-refractivity contribution in [3.05, 3.63) is 29.0 Å². The summed E-state index contributed by atoms with van der Waals surface area (Å²) in [7, 11) is 0. The number of halogens is 2. The summed E-state index contributed by atoms with van der Waals surface area (Å²) in [4.78, 5) is 23.9. The number of amides is 2. The molecule has 1 aliphatic carbocycles. The summed E-state index contributed by atoms with van der Waals surface area (Å²) in [5.74, 6) is -1.72. The first-order valence-electron chi connectivity index (χ1n) is 5.72. The van der Waals surface area contributed by atoms with E-state index in [0.29, 0.717) is 0 Å². The van der Waals surface area contributed by atoms with Crippen molar-refractivity contribution in [2.75, 3.05) is 11.9 Å². The molecule has 1 aromatic rings. The summed E-state index contributed by atoms with van der Waals surface area (Å²) in [6, 6.07) is 3.27. The Labute approximate surface area is 114 Å². The molecule has 1 aliphatic rings. The van der Waals surface area contributed by atoms with Gasteiger partial charge in [0.1, 0.15) is 12.4 Å². The van der Waals surface area contributed by atoms with E-state index in [1.807, 2.05) is 0 Å². The molecule has 0 bridgehead atoms. The van der Waals surface area contributed by atoms with E-state index in [4.69, 9.17) is 16.7 Å². The number of carboxylic acid groups (broad SMARTS) is 1. The van der Waals surface area contributed by atoms with Gasteiger partial charge in [-0.25, -0.2) is 9.18 Å². The second-order valence-electron chi connectivity index (χ2n) is 4.31. The standard InChI is InChI=1S/C12H12ClFN2O3/c13-9-4-1-7(5-10(9)14)15-12(19)16(6-11(17)18)8-2-3-8/h1,4-5,8H,2-3,6H2,(H,15,19)(H,17,18). The van der Waals surface area contributed by atoms with Crippen molar-refractivity contribution in [2.45, 2.75) is 18.9 Å². The SMILES string of the molecule is O=C(O)CN(C(=O)Nc1ccc(Cl)c(F)c1)C1CC1. The molecule has 5 nitrogen and oxygen atoms in total. The molecule has 0 aliphatic heterocycles. The van der Waals surface area contributed by atoms with Crippen molar-refractivity contribution in [1.82, 2.24) is 4.90 Å². The van der Waals surface area contributed by atoms with Gasteiger partial charge in [-0.15, -0.1) is 0 Å². The van der Waals surface area contributed by atoms with E-state index in [2.05, 4.69) is 5.32 Å². The number of benzene rings is 1. The zero-order chi connectivity index (χ0) is 14.0. The largest absolute Gasteiger partial charge is 0.480 e. The zero-order valence-electron chi connectivity index (χ0n) is 9.90. The van der Waals surface area contributed by atoms with Crippen LogP contribution in [-0.2, 0) is 4.79 Å². The highest BCUT2D eigenvalue weighted by atomic mass is 35.5. The van der Waals surface area contributed by atoms with Gasteiger partial charge < -0.3 is 15.3 Å². The van der Waals surface area contributed by atoms with Crippen molar-refractivity contribution >= 4 is 29.3 Å². The molecule has 0 saturated heterocycles. The summed E-state index contributed by atoms with van der Waals surface area (Å²) >= 11 is 5.53. The molecule has 2 rings (SSSR count). The molecule has 7 heteroatoms. The number of carbonyl (C=O) groups is 2. The number of nitrogens with zero attached hydrogens (tertiary/aromatic N) is 1. The predicted octanol–water partition coefficient (Wildman–Crippen LogP) is 2.56. The van der Waals surface area contributed by atoms with Gasteiger partial charge >= 0.3 is 12.0 Å². The molecule has 0 heterocycles. The van der Waals surface area contributed by atoms with E-state index in [-0.39, 0.29) is 23.3 Å². The molecule has 2 N–H and O–H groups in total. The Hall–Kier alpha value is -1.82. The van der Waals surface area contributed by atoms with E-state index >= 15 is 0 Å². The summed E-state index contributed by atoms with van der Waals surface area (Å²) in [6.45, 7) is -0.368. The Morgan fingerprint density at radius 3 is 2.68 bits per heavy atom. The first-order valence-corrected chi connectivity index (χ1v) is 6.09. The second-order valence-corrected chi connectivity index (χ2v) is 4.72. The van der Waals surface area contributed by atoms with Crippen LogP contribution in [0.1, 0.15) is 12.8 Å². The zero-order valence-corrected chi connectivity index (χ0v) is 10.7. The molecule has 0 radical (unpaired) electrons. The highest BCUT2D eigenvalue weighted by Crippen LogP contribution is 2.27. The Morgan fingerprint density at radius 2 is 2.16 bits per heavy atom. The minimum absolute atomic E-state index is 0.0393. The number of hydrogen-bond donors (Lipinski definition) is 2. The van der Waals surface area contributed by atoms with Crippen LogP contribution in [0, 0.1) is 5.82 Å². The molecule has 0 atom stereocenters. The molecule has 19 heavy (non-hydrogen) atoms. The van der Waals surface area contributed by atoms with Gasteiger partial charge in [0, 0.05) is 11.7 Å². The molecular weight excluding hydrogens is 275 g/mol. The smallest absolute Gasteiger partial charge is 0.323 e. The number of urea groups is 1. The highest BCUT2D eigenvalue weighted by Gasteiger charge is 2.33. The maximum Gasteiger partial charge on any atom is 0.323 e. The van der Waals surface area contributed by atoms with Crippen LogP contribution in [0.25, 0.3) is 0 Å². The minimum Gasteiger partial charge on any atom is -0.480 e. The van der Waals surface area contributed by atoms with Gasteiger partial charge in [-0.05, 0) is 31.0 Å². The van der Waals surface area contributed by atoms with Crippen LogP contribution in [0.2, 0.25) is 5.02 Å². The molecule has 1 saturated carbocycles. The van der Waals surface area contributed by atoms with Gasteiger partial charge in [0.25, 0.3) is 0 Å². The number of rotatable bonds is 4. The fourth-order valence-corrected chi connectivity index (χ4v) is 1.79. The number of carbonyl (C=O) groups excluding carboxylic acids is 1. The van der Waals surface area contributed by atoms with E-state index < -0.39 is 17.8 Å². The topological polar surface area (TPSA) is 69.6 Å². The first-order chi connectivity index (χ1) is 8.97. The van der Waals surface area contributed by atoms with Crippen LogP contribution < -0.4 is 5.32 Å². The normalized spacial score (nSPS) is 14.0. The third-order valence-corrected chi connectivity index (χ3v) is 3.03. The monoisotopic (exact) mass is 286 g/mol. The highest BCUT2D eigenvalue weighted by molar-refractivity contribution is 6.30. The van der Waals surface area contributed by atoms with Gasteiger partial charge in [-0.1, -0.05) is 11.6 Å². The minimum atomic E-state index is -1.08. The van der Waals surface area contributed by atoms with Gasteiger partial charge in [0.2, 0.25) is 0 Å². The van der Waals surface area contributed by atoms with Crippen molar-refractivity contribution in [3.8, 4) is 0 Å². The lowest BCUT2D eigenvalue weighted by Gasteiger charge is -2.20. The number of hydrogen-bond acceptors (Lipinski definition) is 2. The second kappa shape index (κ2) is 5.44. The van der Waals surface area contributed by atoms with Crippen molar-refractivity contribution < 1.29 is 19.1 Å². The fourth-order valence-electron chi connectivity index (χ4n) is 1.67.